The molecule has 2 aromatic rings. The molecular weight excluding hydrogens is 338 g/mol. The molecule has 25 heavy (non-hydrogen) atoms. The average molecular weight is 366 g/mol. The molecule has 1 heterocycles. The topological polar surface area (TPSA) is 98.4 Å². The monoisotopic (exact) mass is 365 g/mol. The summed E-state index contributed by atoms with van der Waals surface area (Å²) in [6, 6.07) is 6.42. The Hall–Kier alpha value is -2.06. The van der Waals surface area contributed by atoms with Crippen molar-refractivity contribution in [1.29, 1.82) is 0 Å². The molecule has 7 nitrogen and oxygen atoms in total. The van der Waals surface area contributed by atoms with E-state index in [1.54, 1.807) is 7.05 Å². The summed E-state index contributed by atoms with van der Waals surface area (Å²) >= 11 is 0. The number of H-pyrrole nitrogens is 1. The molecule has 8 heteroatoms. The largest absolute Gasteiger partial charge is 0.361 e. The van der Waals surface area contributed by atoms with E-state index in [1.807, 2.05) is 0 Å². The van der Waals surface area contributed by atoms with Gasteiger partial charge in [-0.2, -0.15) is 0 Å². The molecule has 0 unspecified atom stereocenters. The highest BCUT2D eigenvalue weighted by Crippen LogP contribution is 2.19. The van der Waals surface area contributed by atoms with Crippen molar-refractivity contribution in [2.75, 3.05) is 32.9 Å². The highest BCUT2D eigenvalue weighted by atomic mass is 32.2. The average Bonchev–Trinajstić information content (AvgIpc) is 2.94. The first-order valence-electron chi connectivity index (χ1n) is 8.35. The lowest BCUT2D eigenvalue weighted by Crippen LogP contribution is -2.39. The first kappa shape index (κ1) is 19.3. The Morgan fingerprint density at radius 1 is 1.20 bits per heavy atom. The fraction of sp³-hybridized carbons (Fsp3) is 0.471. The Bertz CT molecular complexity index is 827. The lowest BCUT2D eigenvalue weighted by molar-refractivity contribution is 0.584. The van der Waals surface area contributed by atoms with Gasteiger partial charge in [0.05, 0.1) is 6.26 Å². The highest BCUT2D eigenvalue weighted by Gasteiger charge is 2.04. The molecule has 0 spiro atoms. The number of nitrogens with one attached hydrogen (secondary N) is 4. The summed E-state index contributed by atoms with van der Waals surface area (Å²) in [4.78, 5) is 7.49. The van der Waals surface area contributed by atoms with Crippen LogP contribution in [0.4, 0.5) is 0 Å². The third-order valence-corrected chi connectivity index (χ3v) is 4.57. The van der Waals surface area contributed by atoms with E-state index >= 15 is 0 Å². The minimum atomic E-state index is -3.12. The maximum Gasteiger partial charge on any atom is 0.208 e. The number of aromatic nitrogens is 1. The van der Waals surface area contributed by atoms with Crippen LogP contribution in [-0.2, 0) is 16.4 Å². The first-order valence-corrected chi connectivity index (χ1v) is 10.2. The van der Waals surface area contributed by atoms with Gasteiger partial charge in [0.1, 0.15) is 0 Å². The minimum absolute atomic E-state index is 0.414. The Morgan fingerprint density at radius 3 is 2.68 bits per heavy atom. The summed E-state index contributed by atoms with van der Waals surface area (Å²) in [6.45, 7) is 3.91. The molecule has 0 bridgehead atoms. The summed E-state index contributed by atoms with van der Waals surface area (Å²) in [7, 11) is -1.40. The van der Waals surface area contributed by atoms with Crippen LogP contribution < -0.4 is 15.4 Å². The second kappa shape index (κ2) is 8.87. The van der Waals surface area contributed by atoms with E-state index in [2.05, 4.69) is 56.7 Å². The number of hydrogen-bond acceptors (Lipinski definition) is 3. The molecule has 0 fully saturated rings. The van der Waals surface area contributed by atoms with E-state index in [0.717, 1.165) is 30.7 Å². The van der Waals surface area contributed by atoms with Crippen LogP contribution in [-0.4, -0.2) is 52.3 Å². The maximum absolute atomic E-state index is 11.0. The summed E-state index contributed by atoms with van der Waals surface area (Å²) in [5.41, 5.74) is 3.68. The van der Waals surface area contributed by atoms with Gasteiger partial charge in [-0.3, -0.25) is 4.99 Å². The van der Waals surface area contributed by atoms with Gasteiger partial charge in [0.25, 0.3) is 0 Å². The molecule has 0 aliphatic rings. The van der Waals surface area contributed by atoms with Gasteiger partial charge in [0.15, 0.2) is 5.96 Å². The number of fused-ring (bicyclic) bond motifs is 1. The summed E-state index contributed by atoms with van der Waals surface area (Å²) < 4.78 is 24.4. The molecule has 0 saturated heterocycles. The molecule has 1 aromatic heterocycles. The van der Waals surface area contributed by atoms with Crippen molar-refractivity contribution < 1.29 is 8.42 Å². The lowest BCUT2D eigenvalue weighted by atomic mass is 10.1. The van der Waals surface area contributed by atoms with Crippen molar-refractivity contribution in [2.24, 2.45) is 4.99 Å². The smallest absolute Gasteiger partial charge is 0.208 e. The number of aryl methyl sites for hydroxylation is 1. The molecule has 0 amide bonds. The van der Waals surface area contributed by atoms with E-state index in [4.69, 9.17) is 0 Å². The molecule has 0 atom stereocenters. The van der Waals surface area contributed by atoms with Crippen LogP contribution in [0.3, 0.4) is 0 Å². The second-order valence-electron chi connectivity index (χ2n) is 6.06. The standard InChI is InChI=1S/C17H27N5O2S/c1-13-5-6-15-14(12-21-16(15)11-13)7-10-20-17(18-2)19-8-4-9-22-25(3,23)24/h5-6,11-12,21-22H,4,7-10H2,1-3H3,(H2,18,19,20). The van der Waals surface area contributed by atoms with Crippen LogP contribution in [0.2, 0.25) is 0 Å². The number of hydrogen-bond donors (Lipinski definition) is 4. The normalized spacial score (nSPS) is 12.5. The van der Waals surface area contributed by atoms with Crippen molar-refractivity contribution in [1.82, 2.24) is 20.3 Å². The summed E-state index contributed by atoms with van der Waals surface area (Å²) in [6.07, 6.45) is 4.79. The van der Waals surface area contributed by atoms with E-state index < -0.39 is 10.0 Å². The van der Waals surface area contributed by atoms with Crippen LogP contribution in [0.1, 0.15) is 17.5 Å². The number of aliphatic imine (C=N–C) groups is 1. The van der Waals surface area contributed by atoms with Crippen molar-refractivity contribution in [2.45, 2.75) is 19.8 Å². The van der Waals surface area contributed by atoms with Gasteiger partial charge in [0.2, 0.25) is 10.0 Å². The van der Waals surface area contributed by atoms with Crippen molar-refractivity contribution >= 4 is 26.9 Å². The van der Waals surface area contributed by atoms with Crippen molar-refractivity contribution in [3.63, 3.8) is 0 Å². The Morgan fingerprint density at radius 2 is 1.96 bits per heavy atom. The van der Waals surface area contributed by atoms with Crippen LogP contribution >= 0.6 is 0 Å². The molecule has 0 aliphatic heterocycles. The van der Waals surface area contributed by atoms with Crippen LogP contribution in [0.5, 0.6) is 0 Å². The fourth-order valence-electron chi connectivity index (χ4n) is 2.60. The second-order valence-corrected chi connectivity index (χ2v) is 7.89. The van der Waals surface area contributed by atoms with E-state index in [0.29, 0.717) is 19.5 Å². The van der Waals surface area contributed by atoms with Gasteiger partial charge in [-0.15, -0.1) is 0 Å². The Labute approximate surface area is 149 Å². The number of aromatic amines is 1. The number of sulfonamides is 1. The van der Waals surface area contributed by atoms with Gasteiger partial charge in [-0.25, -0.2) is 13.1 Å². The predicted molar refractivity (Wildman–Crippen MR) is 104 cm³/mol. The number of nitrogens with zero attached hydrogens (tertiary/aromatic N) is 1. The molecule has 2 rings (SSSR count). The van der Waals surface area contributed by atoms with Crippen LogP contribution in [0.25, 0.3) is 10.9 Å². The third kappa shape index (κ3) is 6.39. The molecule has 0 saturated carbocycles. The highest BCUT2D eigenvalue weighted by molar-refractivity contribution is 7.88. The molecule has 1 aromatic carbocycles. The lowest BCUT2D eigenvalue weighted by Gasteiger charge is -2.11. The third-order valence-electron chi connectivity index (χ3n) is 3.84. The van der Waals surface area contributed by atoms with E-state index in [1.165, 1.54) is 16.5 Å². The Balaban J connectivity index is 1.73. The maximum atomic E-state index is 11.0. The first-order chi connectivity index (χ1) is 11.9. The van der Waals surface area contributed by atoms with Crippen molar-refractivity contribution in [3.05, 3.63) is 35.5 Å². The molecule has 138 valence electrons. The zero-order valence-corrected chi connectivity index (χ0v) is 15.8. The molecule has 4 N–H and O–H groups in total. The number of rotatable bonds is 8. The summed E-state index contributed by atoms with van der Waals surface area (Å²) in [5, 5.41) is 7.71. The minimum Gasteiger partial charge on any atom is -0.361 e. The Kier molecular flexibility index (Phi) is 6.83. The number of guanidine groups is 1. The zero-order valence-electron chi connectivity index (χ0n) is 15.0. The van der Waals surface area contributed by atoms with Gasteiger partial charge in [0, 0.05) is 43.8 Å². The fourth-order valence-corrected chi connectivity index (χ4v) is 3.11. The quantitative estimate of drug-likeness (QED) is 0.320. The molecule has 0 aliphatic carbocycles. The zero-order chi connectivity index (χ0) is 18.3. The van der Waals surface area contributed by atoms with E-state index in [-0.39, 0.29) is 0 Å². The van der Waals surface area contributed by atoms with E-state index in [9.17, 15) is 8.42 Å². The van der Waals surface area contributed by atoms with Gasteiger partial charge >= 0.3 is 0 Å². The van der Waals surface area contributed by atoms with Gasteiger partial charge in [-0.1, -0.05) is 12.1 Å². The predicted octanol–water partition coefficient (Wildman–Crippen LogP) is 1.12. The summed E-state index contributed by atoms with van der Waals surface area (Å²) in [5.74, 6) is 0.718. The SMILES string of the molecule is CN=C(NCCCNS(C)(=O)=O)NCCc1c[nH]c2cc(C)ccc12. The molecular formula is C17H27N5O2S. The number of benzene rings is 1. The van der Waals surface area contributed by atoms with Crippen molar-refractivity contribution in [3.8, 4) is 0 Å². The van der Waals surface area contributed by atoms with Gasteiger partial charge < -0.3 is 15.6 Å². The van der Waals surface area contributed by atoms with Crippen LogP contribution in [0, 0.1) is 6.92 Å². The van der Waals surface area contributed by atoms with Crippen LogP contribution in [0.15, 0.2) is 29.4 Å². The molecule has 0 radical (unpaired) electrons. The van der Waals surface area contributed by atoms with Gasteiger partial charge in [-0.05, 0) is 37.0 Å².